The number of methoxy groups -OCH3 is 1. The molecular formula is C13H16N4O2. The number of nitrogens with one attached hydrogen (secondary N) is 1. The van der Waals surface area contributed by atoms with Crippen LogP contribution in [0.4, 0.5) is 0 Å². The fraction of sp³-hybridized carbons (Fsp3) is 0.462. The molecule has 2 heterocycles. The number of aromatic nitrogens is 4. The molecule has 0 atom stereocenters. The van der Waals surface area contributed by atoms with Gasteiger partial charge < -0.3 is 9.26 Å². The highest BCUT2D eigenvalue weighted by Gasteiger charge is 2.40. The van der Waals surface area contributed by atoms with Gasteiger partial charge in [-0.1, -0.05) is 5.16 Å². The second-order valence-electron chi connectivity index (χ2n) is 4.73. The van der Waals surface area contributed by atoms with Crippen LogP contribution in [0.25, 0.3) is 12.2 Å². The van der Waals surface area contributed by atoms with Crippen molar-refractivity contribution < 1.29 is 9.26 Å². The molecule has 0 saturated heterocycles. The van der Waals surface area contributed by atoms with Gasteiger partial charge in [0.1, 0.15) is 5.60 Å². The van der Waals surface area contributed by atoms with Crippen molar-refractivity contribution in [2.45, 2.75) is 31.3 Å². The average Bonchev–Trinajstić information content (AvgIpc) is 3.17. The first-order chi connectivity index (χ1) is 9.32. The molecule has 0 unspecified atom stereocenters. The third-order valence-corrected chi connectivity index (χ3v) is 3.59. The maximum Gasteiger partial charge on any atom is 0.250 e. The molecule has 2 aromatic heterocycles. The van der Waals surface area contributed by atoms with Crippen LogP contribution in [0.15, 0.2) is 16.9 Å². The number of nitrogens with zero attached hydrogens (tertiary/aromatic N) is 3. The normalized spacial score (nSPS) is 18.4. The zero-order chi connectivity index (χ0) is 13.1. The molecule has 0 spiro atoms. The van der Waals surface area contributed by atoms with Gasteiger partial charge in [-0.05, 0) is 31.8 Å². The quantitative estimate of drug-likeness (QED) is 0.913. The minimum atomic E-state index is -0.356. The monoisotopic (exact) mass is 260 g/mol. The summed E-state index contributed by atoms with van der Waals surface area (Å²) in [6.07, 6.45) is 11.4. The number of hydrogen-bond donors (Lipinski definition) is 1. The Balaban J connectivity index is 1.79. The molecular weight excluding hydrogens is 244 g/mol. The maximum absolute atomic E-state index is 5.62. The van der Waals surface area contributed by atoms with Gasteiger partial charge in [-0.15, -0.1) is 0 Å². The highest BCUT2D eigenvalue weighted by molar-refractivity contribution is 5.64. The summed E-state index contributed by atoms with van der Waals surface area (Å²) in [6.45, 7) is 0. The molecule has 0 amide bonds. The zero-order valence-corrected chi connectivity index (χ0v) is 10.8. The molecule has 19 heavy (non-hydrogen) atoms. The second-order valence-corrected chi connectivity index (χ2v) is 4.73. The van der Waals surface area contributed by atoms with E-state index in [1.165, 1.54) is 0 Å². The van der Waals surface area contributed by atoms with E-state index in [2.05, 4.69) is 20.3 Å². The van der Waals surface area contributed by atoms with Gasteiger partial charge in [0, 0.05) is 24.9 Å². The zero-order valence-electron chi connectivity index (χ0n) is 10.8. The molecule has 1 aliphatic rings. The molecule has 0 aromatic carbocycles. The fourth-order valence-corrected chi connectivity index (χ4v) is 2.47. The van der Waals surface area contributed by atoms with Gasteiger partial charge in [0.2, 0.25) is 5.82 Å². The Hall–Kier alpha value is -1.95. The summed E-state index contributed by atoms with van der Waals surface area (Å²) >= 11 is 0. The van der Waals surface area contributed by atoms with Crippen molar-refractivity contribution in [2.75, 3.05) is 7.11 Å². The average molecular weight is 260 g/mol. The Kier molecular flexibility index (Phi) is 3.16. The standard InChI is InChI=1S/C13H16N4O2/c1-18-13(6-2-3-7-13)12-16-11(19-17-12)5-4-10-8-14-15-9-10/h4-5,8-9H,2-3,6-7H2,1H3,(H,14,15)/b5-4+. The van der Waals surface area contributed by atoms with Crippen LogP contribution in [0.3, 0.4) is 0 Å². The summed E-state index contributed by atoms with van der Waals surface area (Å²) in [5.41, 5.74) is 0.604. The lowest BCUT2D eigenvalue weighted by Crippen LogP contribution is -2.25. The largest absolute Gasteiger partial charge is 0.370 e. The summed E-state index contributed by atoms with van der Waals surface area (Å²) < 4.78 is 10.9. The summed E-state index contributed by atoms with van der Waals surface area (Å²) in [7, 11) is 1.71. The third kappa shape index (κ3) is 2.31. The second kappa shape index (κ2) is 4.97. The first-order valence-corrected chi connectivity index (χ1v) is 6.39. The van der Waals surface area contributed by atoms with Crippen LogP contribution in [0.2, 0.25) is 0 Å². The lowest BCUT2D eigenvalue weighted by molar-refractivity contribution is -0.0178. The van der Waals surface area contributed by atoms with Crippen molar-refractivity contribution in [3.8, 4) is 0 Å². The summed E-state index contributed by atoms with van der Waals surface area (Å²) in [5.74, 6) is 1.14. The number of aromatic amines is 1. The molecule has 0 aliphatic heterocycles. The van der Waals surface area contributed by atoms with E-state index in [1.807, 2.05) is 6.08 Å². The molecule has 3 rings (SSSR count). The number of ether oxygens (including phenoxy) is 1. The van der Waals surface area contributed by atoms with Crippen molar-refractivity contribution >= 4 is 12.2 Å². The third-order valence-electron chi connectivity index (χ3n) is 3.59. The van der Waals surface area contributed by atoms with Crippen LogP contribution in [0, 0.1) is 0 Å². The molecule has 1 aliphatic carbocycles. The Morgan fingerprint density at radius 1 is 1.37 bits per heavy atom. The van der Waals surface area contributed by atoms with E-state index in [4.69, 9.17) is 9.26 Å². The van der Waals surface area contributed by atoms with Crippen LogP contribution >= 0.6 is 0 Å². The highest BCUT2D eigenvalue weighted by Crippen LogP contribution is 2.40. The Labute approximate surface area is 110 Å². The minimum absolute atomic E-state index is 0.356. The van der Waals surface area contributed by atoms with Crippen molar-refractivity contribution in [1.82, 2.24) is 20.3 Å². The number of rotatable bonds is 4. The molecule has 1 fully saturated rings. The summed E-state index contributed by atoms with van der Waals surface area (Å²) in [5, 5.41) is 10.7. The van der Waals surface area contributed by atoms with Crippen molar-refractivity contribution in [3.63, 3.8) is 0 Å². The van der Waals surface area contributed by atoms with Crippen LogP contribution in [0.5, 0.6) is 0 Å². The summed E-state index contributed by atoms with van der Waals surface area (Å²) in [4.78, 5) is 4.41. The van der Waals surface area contributed by atoms with E-state index in [9.17, 15) is 0 Å². The fourth-order valence-electron chi connectivity index (χ4n) is 2.47. The first kappa shape index (κ1) is 12.1. The van der Waals surface area contributed by atoms with Crippen LogP contribution in [0.1, 0.15) is 43.0 Å². The predicted molar refractivity (Wildman–Crippen MR) is 69.0 cm³/mol. The Morgan fingerprint density at radius 3 is 2.89 bits per heavy atom. The van der Waals surface area contributed by atoms with Gasteiger partial charge in [-0.2, -0.15) is 10.1 Å². The lowest BCUT2D eigenvalue weighted by atomic mass is 10.0. The molecule has 6 heteroatoms. The highest BCUT2D eigenvalue weighted by atomic mass is 16.5. The van der Waals surface area contributed by atoms with E-state index in [-0.39, 0.29) is 5.60 Å². The van der Waals surface area contributed by atoms with Crippen molar-refractivity contribution in [3.05, 3.63) is 29.7 Å². The van der Waals surface area contributed by atoms with E-state index >= 15 is 0 Å². The van der Waals surface area contributed by atoms with E-state index in [0.29, 0.717) is 11.7 Å². The number of hydrogen-bond acceptors (Lipinski definition) is 5. The molecule has 100 valence electrons. The summed E-state index contributed by atoms with van der Waals surface area (Å²) in [6, 6.07) is 0. The molecule has 6 nitrogen and oxygen atoms in total. The SMILES string of the molecule is COC1(c2noc(/C=C/c3cn[nH]c3)n2)CCCC1. The molecule has 0 bridgehead atoms. The first-order valence-electron chi connectivity index (χ1n) is 6.39. The van der Waals surface area contributed by atoms with Gasteiger partial charge in [0.25, 0.3) is 5.89 Å². The van der Waals surface area contributed by atoms with Gasteiger partial charge in [-0.25, -0.2) is 0 Å². The minimum Gasteiger partial charge on any atom is -0.370 e. The van der Waals surface area contributed by atoms with Gasteiger partial charge in [0.05, 0.1) is 6.20 Å². The van der Waals surface area contributed by atoms with E-state index < -0.39 is 0 Å². The maximum atomic E-state index is 5.62. The smallest absolute Gasteiger partial charge is 0.250 e. The Bertz CT molecular complexity index is 553. The topological polar surface area (TPSA) is 76.8 Å². The Morgan fingerprint density at radius 2 is 2.21 bits per heavy atom. The van der Waals surface area contributed by atoms with Crippen molar-refractivity contribution in [1.29, 1.82) is 0 Å². The van der Waals surface area contributed by atoms with E-state index in [1.54, 1.807) is 25.6 Å². The van der Waals surface area contributed by atoms with Gasteiger partial charge in [0.15, 0.2) is 0 Å². The van der Waals surface area contributed by atoms with Crippen LogP contribution < -0.4 is 0 Å². The molecule has 1 N–H and O–H groups in total. The van der Waals surface area contributed by atoms with Gasteiger partial charge >= 0.3 is 0 Å². The molecule has 1 saturated carbocycles. The number of H-pyrrole nitrogens is 1. The van der Waals surface area contributed by atoms with E-state index in [0.717, 1.165) is 31.2 Å². The predicted octanol–water partition coefficient (Wildman–Crippen LogP) is 2.38. The lowest BCUT2D eigenvalue weighted by Gasteiger charge is -2.22. The van der Waals surface area contributed by atoms with Crippen LogP contribution in [-0.2, 0) is 10.3 Å². The van der Waals surface area contributed by atoms with Gasteiger partial charge in [-0.3, -0.25) is 5.10 Å². The molecule has 0 radical (unpaired) electrons. The van der Waals surface area contributed by atoms with Crippen LogP contribution in [-0.4, -0.2) is 27.4 Å². The van der Waals surface area contributed by atoms with Crippen molar-refractivity contribution in [2.24, 2.45) is 0 Å². The molecule has 2 aromatic rings.